The van der Waals surface area contributed by atoms with Crippen LogP contribution in [0, 0.1) is 10.1 Å². The molecule has 0 N–H and O–H groups in total. The Balaban J connectivity index is 2.41. The molecule has 1 aromatic carbocycles. The molecule has 0 aliphatic carbocycles. The fourth-order valence-corrected chi connectivity index (χ4v) is 2.80. The number of rotatable bonds is 10. The van der Waals surface area contributed by atoms with Crippen LogP contribution in [0.15, 0.2) is 29.2 Å². The van der Waals surface area contributed by atoms with Gasteiger partial charge in [0.05, 0.1) is 16.4 Å². The second kappa shape index (κ2) is 8.74. The van der Waals surface area contributed by atoms with Gasteiger partial charge in [0.1, 0.15) is 0 Å². The first-order valence-corrected chi connectivity index (χ1v) is 8.52. The van der Waals surface area contributed by atoms with Crippen LogP contribution in [0.5, 0.6) is 0 Å². The number of nitro groups is 1. The molecule has 1 rings (SSSR count). The molecule has 0 aromatic heterocycles. The molecule has 0 saturated carbocycles. The van der Waals surface area contributed by atoms with E-state index in [0.717, 1.165) is 31.4 Å². The first kappa shape index (κ1) is 17.6. The highest BCUT2D eigenvalue weighted by Gasteiger charge is 2.16. The molecule has 21 heavy (non-hydrogen) atoms. The molecule has 118 valence electrons. The number of nitrogens with zero attached hydrogens (tertiary/aromatic N) is 1. The van der Waals surface area contributed by atoms with Crippen LogP contribution in [0.1, 0.15) is 45.4 Å². The first-order chi connectivity index (χ1) is 9.97. The molecule has 0 bridgehead atoms. The van der Waals surface area contributed by atoms with Crippen LogP contribution in [0.3, 0.4) is 0 Å². The summed E-state index contributed by atoms with van der Waals surface area (Å²) >= 11 is 0. The summed E-state index contributed by atoms with van der Waals surface area (Å²) in [6.45, 7) is 2.28. The predicted molar refractivity (Wildman–Crippen MR) is 79.6 cm³/mol. The average Bonchev–Trinajstić information content (AvgIpc) is 2.46. The van der Waals surface area contributed by atoms with Gasteiger partial charge >= 0.3 is 0 Å². The van der Waals surface area contributed by atoms with E-state index in [9.17, 15) is 18.5 Å². The third-order valence-electron chi connectivity index (χ3n) is 3.07. The largest absolute Gasteiger partial charge is 0.296 e. The Morgan fingerprint density at radius 1 is 1.05 bits per heavy atom. The molecule has 0 atom stereocenters. The lowest BCUT2D eigenvalue weighted by Gasteiger charge is -2.05. The monoisotopic (exact) mass is 315 g/mol. The molecule has 0 amide bonds. The summed E-state index contributed by atoms with van der Waals surface area (Å²) in [4.78, 5) is 9.87. The predicted octanol–water partition coefficient (Wildman–Crippen LogP) is 3.66. The van der Waals surface area contributed by atoms with E-state index < -0.39 is 15.0 Å². The lowest BCUT2D eigenvalue weighted by Crippen LogP contribution is -2.07. The molecule has 0 aliphatic heterocycles. The number of nitro benzene ring substituents is 1. The number of hydrogen-bond donors (Lipinski definition) is 0. The Hall–Kier alpha value is -1.47. The number of non-ortho nitro benzene ring substituents is 1. The smallest absolute Gasteiger partial charge is 0.266 e. The maximum atomic E-state index is 11.9. The zero-order valence-electron chi connectivity index (χ0n) is 12.2. The lowest BCUT2D eigenvalue weighted by molar-refractivity contribution is -0.384. The Kier molecular flexibility index (Phi) is 7.31. The van der Waals surface area contributed by atoms with E-state index in [1.54, 1.807) is 0 Å². The number of unbranched alkanes of at least 4 members (excludes halogenated alkanes) is 5. The van der Waals surface area contributed by atoms with Gasteiger partial charge in [-0.1, -0.05) is 39.0 Å². The summed E-state index contributed by atoms with van der Waals surface area (Å²) in [5, 5.41) is 10.5. The average molecular weight is 315 g/mol. The Labute approximate surface area is 125 Å². The van der Waals surface area contributed by atoms with Gasteiger partial charge in [-0.25, -0.2) is 0 Å². The highest BCUT2D eigenvalue weighted by molar-refractivity contribution is 7.86. The summed E-state index contributed by atoms with van der Waals surface area (Å²) in [6.07, 6.45) is 6.24. The summed E-state index contributed by atoms with van der Waals surface area (Å²) < 4.78 is 28.6. The minimum absolute atomic E-state index is 0.0564. The van der Waals surface area contributed by atoms with E-state index in [4.69, 9.17) is 4.18 Å². The van der Waals surface area contributed by atoms with Gasteiger partial charge in [0.25, 0.3) is 15.8 Å². The van der Waals surface area contributed by atoms with Crippen LogP contribution in [0.2, 0.25) is 0 Å². The SMILES string of the molecule is CCCCCCCCOS(=O)(=O)c1ccc([N+](=O)[O-])cc1. The molecule has 6 nitrogen and oxygen atoms in total. The number of benzene rings is 1. The van der Waals surface area contributed by atoms with Gasteiger partial charge in [0.15, 0.2) is 0 Å². The molecular weight excluding hydrogens is 294 g/mol. The van der Waals surface area contributed by atoms with E-state index in [2.05, 4.69) is 6.92 Å². The van der Waals surface area contributed by atoms with E-state index in [-0.39, 0.29) is 17.2 Å². The molecule has 0 saturated heterocycles. The van der Waals surface area contributed by atoms with Crippen molar-refractivity contribution in [1.82, 2.24) is 0 Å². The fourth-order valence-electron chi connectivity index (χ4n) is 1.85. The molecule has 7 heteroatoms. The van der Waals surface area contributed by atoms with Gasteiger partial charge in [-0.15, -0.1) is 0 Å². The second-order valence-corrected chi connectivity index (χ2v) is 6.41. The second-order valence-electron chi connectivity index (χ2n) is 4.79. The third kappa shape index (κ3) is 6.22. The maximum absolute atomic E-state index is 11.9. The zero-order valence-corrected chi connectivity index (χ0v) is 13.0. The van der Waals surface area contributed by atoms with Crippen molar-refractivity contribution in [3.63, 3.8) is 0 Å². The third-order valence-corrected chi connectivity index (χ3v) is 4.40. The van der Waals surface area contributed by atoms with E-state index in [1.165, 1.54) is 25.0 Å². The lowest BCUT2D eigenvalue weighted by atomic mass is 10.1. The van der Waals surface area contributed by atoms with Gasteiger partial charge in [-0.2, -0.15) is 8.42 Å². The molecule has 0 aliphatic rings. The number of hydrogen-bond acceptors (Lipinski definition) is 5. The fraction of sp³-hybridized carbons (Fsp3) is 0.571. The van der Waals surface area contributed by atoms with Crippen molar-refractivity contribution in [2.75, 3.05) is 6.61 Å². The summed E-state index contributed by atoms with van der Waals surface area (Å²) in [6, 6.07) is 4.69. The minimum atomic E-state index is -3.82. The van der Waals surface area contributed by atoms with Crippen LogP contribution >= 0.6 is 0 Å². The molecule has 1 aromatic rings. The van der Waals surface area contributed by atoms with Crippen molar-refractivity contribution < 1.29 is 17.5 Å². The van der Waals surface area contributed by atoms with Crippen molar-refractivity contribution in [3.05, 3.63) is 34.4 Å². The van der Waals surface area contributed by atoms with Crippen molar-refractivity contribution >= 4 is 15.8 Å². The van der Waals surface area contributed by atoms with Crippen LogP contribution < -0.4 is 0 Å². The van der Waals surface area contributed by atoms with Crippen molar-refractivity contribution in [2.24, 2.45) is 0 Å². The van der Waals surface area contributed by atoms with Gasteiger partial charge in [-0.3, -0.25) is 14.3 Å². The molecule has 0 spiro atoms. The normalized spacial score (nSPS) is 11.5. The topological polar surface area (TPSA) is 86.5 Å². The maximum Gasteiger partial charge on any atom is 0.296 e. The molecule has 0 heterocycles. The van der Waals surface area contributed by atoms with Crippen LogP contribution in [0.4, 0.5) is 5.69 Å². The van der Waals surface area contributed by atoms with Crippen LogP contribution in [-0.4, -0.2) is 19.9 Å². The summed E-state index contributed by atoms with van der Waals surface area (Å²) in [5.41, 5.74) is -0.148. The quantitative estimate of drug-likeness (QED) is 0.284. The van der Waals surface area contributed by atoms with Crippen molar-refractivity contribution in [3.8, 4) is 0 Å². The van der Waals surface area contributed by atoms with Crippen molar-refractivity contribution in [1.29, 1.82) is 0 Å². The van der Waals surface area contributed by atoms with Gasteiger partial charge < -0.3 is 0 Å². The molecule has 0 radical (unpaired) electrons. The van der Waals surface area contributed by atoms with E-state index in [1.807, 2.05) is 0 Å². The van der Waals surface area contributed by atoms with E-state index >= 15 is 0 Å². The van der Waals surface area contributed by atoms with Crippen LogP contribution in [-0.2, 0) is 14.3 Å². The van der Waals surface area contributed by atoms with Crippen LogP contribution in [0.25, 0.3) is 0 Å². The summed E-state index contributed by atoms with van der Waals surface area (Å²) in [7, 11) is -3.82. The van der Waals surface area contributed by atoms with E-state index in [0.29, 0.717) is 6.42 Å². The molecule has 0 fully saturated rings. The standard InChI is InChI=1S/C14H21NO5S/c1-2-3-4-5-6-7-12-20-21(18,19)14-10-8-13(9-11-14)15(16)17/h8-11H,2-7,12H2,1H3. The highest BCUT2D eigenvalue weighted by atomic mass is 32.2. The van der Waals surface area contributed by atoms with Crippen molar-refractivity contribution in [2.45, 2.75) is 50.3 Å². The Morgan fingerprint density at radius 3 is 2.19 bits per heavy atom. The van der Waals surface area contributed by atoms with Gasteiger partial charge in [-0.05, 0) is 18.6 Å². The first-order valence-electron chi connectivity index (χ1n) is 7.11. The summed E-state index contributed by atoms with van der Waals surface area (Å²) in [5.74, 6) is 0. The Bertz CT molecular complexity index is 539. The zero-order chi connectivity index (χ0) is 15.7. The minimum Gasteiger partial charge on any atom is -0.266 e. The van der Waals surface area contributed by atoms with Gasteiger partial charge in [0, 0.05) is 12.1 Å². The highest BCUT2D eigenvalue weighted by Crippen LogP contribution is 2.18. The molecular formula is C14H21NO5S. The Morgan fingerprint density at radius 2 is 1.62 bits per heavy atom. The van der Waals surface area contributed by atoms with Gasteiger partial charge in [0.2, 0.25) is 0 Å². The molecule has 0 unspecified atom stereocenters.